The number of rotatable bonds is 3. The van der Waals surface area contributed by atoms with Gasteiger partial charge in [0.05, 0.1) is 18.1 Å². The molecule has 0 aliphatic carbocycles. The molecular weight excluding hydrogens is 350 g/mol. The van der Waals surface area contributed by atoms with E-state index in [4.69, 9.17) is 4.74 Å². The van der Waals surface area contributed by atoms with E-state index in [-0.39, 0.29) is 11.7 Å². The van der Waals surface area contributed by atoms with Gasteiger partial charge in [-0.3, -0.25) is 9.78 Å². The first-order valence-electron chi connectivity index (χ1n) is 7.04. The molecule has 0 amide bonds. The van der Waals surface area contributed by atoms with E-state index in [2.05, 4.69) is 35.9 Å². The van der Waals surface area contributed by atoms with Crippen LogP contribution in [0.4, 0.5) is 5.69 Å². The predicted molar refractivity (Wildman–Crippen MR) is 85.1 cm³/mol. The highest BCUT2D eigenvalue weighted by atomic mass is 79.9. The number of halogens is 1. The number of aromatic nitrogens is 4. The number of hydrogen-bond acceptors (Lipinski definition) is 6. The van der Waals surface area contributed by atoms with Crippen molar-refractivity contribution in [3.05, 3.63) is 39.6 Å². The van der Waals surface area contributed by atoms with Crippen LogP contribution in [0.3, 0.4) is 0 Å². The molecule has 3 rings (SSSR count). The molecule has 22 heavy (non-hydrogen) atoms. The number of nitrogens with zero attached hydrogens (tertiary/aromatic N) is 5. The van der Waals surface area contributed by atoms with Gasteiger partial charge >= 0.3 is 0 Å². The Hall–Kier alpha value is -1.96. The molecule has 0 spiro atoms. The zero-order chi connectivity index (χ0) is 15.5. The first-order valence-corrected chi connectivity index (χ1v) is 7.84. The van der Waals surface area contributed by atoms with Gasteiger partial charge in [0.1, 0.15) is 10.6 Å². The lowest BCUT2D eigenvalue weighted by Crippen LogP contribution is -2.39. The van der Waals surface area contributed by atoms with Crippen LogP contribution >= 0.6 is 15.9 Å². The fraction of sp³-hybridized carbons (Fsp3) is 0.429. The van der Waals surface area contributed by atoms with Crippen molar-refractivity contribution in [2.45, 2.75) is 18.9 Å². The Morgan fingerprint density at radius 1 is 1.27 bits per heavy atom. The number of aryl methyl sites for hydroxylation is 1. The molecule has 2 aromatic rings. The zero-order valence-corrected chi connectivity index (χ0v) is 13.7. The molecule has 0 atom stereocenters. The fourth-order valence-corrected chi connectivity index (χ4v) is 3.06. The van der Waals surface area contributed by atoms with Crippen molar-refractivity contribution < 1.29 is 4.74 Å². The smallest absolute Gasteiger partial charge is 0.282 e. The van der Waals surface area contributed by atoms with Gasteiger partial charge in [-0.25, -0.2) is 9.67 Å². The molecule has 0 saturated carbocycles. The van der Waals surface area contributed by atoms with E-state index in [9.17, 15) is 4.79 Å². The minimum absolute atomic E-state index is 0.117. The second kappa shape index (κ2) is 6.43. The molecule has 1 fully saturated rings. The normalized spacial score (nSPS) is 15.8. The highest BCUT2D eigenvalue weighted by Crippen LogP contribution is 2.26. The second-order valence-electron chi connectivity index (χ2n) is 5.12. The first kappa shape index (κ1) is 15.0. The molecule has 0 N–H and O–H groups in total. The fourth-order valence-electron chi connectivity index (χ4n) is 2.45. The summed E-state index contributed by atoms with van der Waals surface area (Å²) in [5, 5.41) is 4.08. The molecule has 2 aromatic heterocycles. The largest absolute Gasteiger partial charge is 0.473 e. The van der Waals surface area contributed by atoms with E-state index >= 15 is 0 Å². The van der Waals surface area contributed by atoms with Gasteiger partial charge in [-0.1, -0.05) is 0 Å². The zero-order valence-electron chi connectivity index (χ0n) is 12.1. The van der Waals surface area contributed by atoms with Crippen LogP contribution in [0.15, 0.2) is 34.1 Å². The van der Waals surface area contributed by atoms with Crippen LogP contribution < -0.4 is 15.2 Å². The summed E-state index contributed by atoms with van der Waals surface area (Å²) in [6.45, 7) is 1.61. The predicted octanol–water partition coefficient (Wildman–Crippen LogP) is 1.38. The topological polar surface area (TPSA) is 73.1 Å². The molecule has 0 aromatic carbocycles. The number of piperidine rings is 1. The SMILES string of the molecule is Cn1ncc(N2CCC(Oc3cnccn3)CC2)c(Br)c1=O. The quantitative estimate of drug-likeness (QED) is 0.817. The van der Waals surface area contributed by atoms with Crippen LogP contribution in [0.1, 0.15) is 12.8 Å². The summed E-state index contributed by atoms with van der Waals surface area (Å²) in [5.74, 6) is 0.553. The van der Waals surface area contributed by atoms with Gasteiger partial charge in [0.15, 0.2) is 0 Å². The van der Waals surface area contributed by atoms with Crippen LogP contribution in [-0.2, 0) is 7.05 Å². The third-order valence-corrected chi connectivity index (χ3v) is 4.41. The van der Waals surface area contributed by atoms with Crippen LogP contribution in [-0.4, -0.2) is 38.9 Å². The Morgan fingerprint density at radius 3 is 2.73 bits per heavy atom. The Labute approximate surface area is 136 Å². The van der Waals surface area contributed by atoms with E-state index in [0.717, 1.165) is 31.6 Å². The summed E-state index contributed by atoms with van der Waals surface area (Å²) in [5.41, 5.74) is 0.705. The lowest BCUT2D eigenvalue weighted by Gasteiger charge is -2.33. The maximum absolute atomic E-state index is 11.9. The molecule has 0 bridgehead atoms. The summed E-state index contributed by atoms with van der Waals surface area (Å²) < 4.78 is 7.69. The van der Waals surface area contributed by atoms with Crippen molar-refractivity contribution in [1.82, 2.24) is 19.7 Å². The maximum Gasteiger partial charge on any atom is 0.282 e. The average Bonchev–Trinajstić information content (AvgIpc) is 2.55. The number of hydrogen-bond donors (Lipinski definition) is 0. The second-order valence-corrected chi connectivity index (χ2v) is 5.91. The maximum atomic E-state index is 11.9. The van der Waals surface area contributed by atoms with Gasteiger partial charge in [-0.2, -0.15) is 5.10 Å². The van der Waals surface area contributed by atoms with Gasteiger partial charge in [0.25, 0.3) is 5.56 Å². The molecule has 7 nitrogen and oxygen atoms in total. The van der Waals surface area contributed by atoms with E-state index in [1.165, 1.54) is 4.68 Å². The van der Waals surface area contributed by atoms with Crippen molar-refractivity contribution in [3.63, 3.8) is 0 Å². The monoisotopic (exact) mass is 365 g/mol. The van der Waals surface area contributed by atoms with Crippen LogP contribution in [0, 0.1) is 0 Å². The summed E-state index contributed by atoms with van der Waals surface area (Å²) in [7, 11) is 1.64. The van der Waals surface area contributed by atoms with Gasteiger partial charge in [0, 0.05) is 45.4 Å². The summed E-state index contributed by atoms with van der Waals surface area (Å²) >= 11 is 3.37. The lowest BCUT2D eigenvalue weighted by atomic mass is 10.1. The molecule has 3 heterocycles. The minimum atomic E-state index is -0.129. The van der Waals surface area contributed by atoms with Crippen molar-refractivity contribution in [3.8, 4) is 5.88 Å². The highest BCUT2D eigenvalue weighted by molar-refractivity contribution is 9.10. The highest BCUT2D eigenvalue weighted by Gasteiger charge is 2.23. The van der Waals surface area contributed by atoms with E-state index in [1.807, 2.05) is 0 Å². The number of anilines is 1. The van der Waals surface area contributed by atoms with Gasteiger partial charge in [-0.05, 0) is 15.9 Å². The van der Waals surface area contributed by atoms with Crippen molar-refractivity contribution in [2.24, 2.45) is 7.05 Å². The minimum Gasteiger partial charge on any atom is -0.473 e. The Balaban J connectivity index is 1.65. The standard InChI is InChI=1S/C14H16BrN5O2/c1-19-14(21)13(15)11(8-18-19)20-6-2-10(3-7-20)22-12-9-16-4-5-17-12/h4-5,8-10H,2-3,6-7H2,1H3. The lowest BCUT2D eigenvalue weighted by molar-refractivity contribution is 0.163. The average molecular weight is 366 g/mol. The van der Waals surface area contributed by atoms with Crippen LogP contribution in [0.25, 0.3) is 0 Å². The molecule has 0 radical (unpaired) electrons. The molecule has 8 heteroatoms. The molecule has 1 aliphatic rings. The third kappa shape index (κ3) is 3.11. The van der Waals surface area contributed by atoms with Gasteiger partial charge in [0.2, 0.25) is 5.88 Å². The Morgan fingerprint density at radius 2 is 2.05 bits per heavy atom. The van der Waals surface area contributed by atoms with Crippen LogP contribution in [0.5, 0.6) is 5.88 Å². The molecule has 116 valence electrons. The molecule has 0 unspecified atom stereocenters. The Kier molecular flexibility index (Phi) is 4.37. The summed E-state index contributed by atoms with van der Waals surface area (Å²) in [6.07, 6.45) is 8.41. The molecule has 1 aliphatic heterocycles. The van der Waals surface area contributed by atoms with Gasteiger partial charge < -0.3 is 9.64 Å². The summed E-state index contributed by atoms with van der Waals surface area (Å²) in [4.78, 5) is 22.2. The third-order valence-electron chi connectivity index (χ3n) is 3.67. The Bertz CT molecular complexity index is 698. The molecular formula is C14H16BrN5O2. The van der Waals surface area contributed by atoms with Crippen molar-refractivity contribution in [1.29, 1.82) is 0 Å². The summed E-state index contributed by atoms with van der Waals surface area (Å²) in [6, 6.07) is 0. The van der Waals surface area contributed by atoms with E-state index in [1.54, 1.807) is 31.8 Å². The van der Waals surface area contributed by atoms with Crippen LogP contribution in [0.2, 0.25) is 0 Å². The van der Waals surface area contributed by atoms with Crippen molar-refractivity contribution >= 4 is 21.6 Å². The van der Waals surface area contributed by atoms with E-state index < -0.39 is 0 Å². The van der Waals surface area contributed by atoms with E-state index in [0.29, 0.717) is 10.4 Å². The van der Waals surface area contributed by atoms with Gasteiger partial charge in [-0.15, -0.1) is 0 Å². The van der Waals surface area contributed by atoms with Crippen molar-refractivity contribution in [2.75, 3.05) is 18.0 Å². The molecule has 1 saturated heterocycles. The first-order chi connectivity index (χ1) is 10.6. The number of ether oxygens (including phenoxy) is 1.